The van der Waals surface area contributed by atoms with E-state index in [1.165, 1.54) is 11.3 Å². The predicted octanol–water partition coefficient (Wildman–Crippen LogP) is 5.20. The largest absolute Gasteiger partial charge is 0.294 e. The predicted molar refractivity (Wildman–Crippen MR) is 117 cm³/mol. The van der Waals surface area contributed by atoms with Crippen LogP contribution in [0.25, 0.3) is 0 Å². The molecule has 0 bridgehead atoms. The summed E-state index contributed by atoms with van der Waals surface area (Å²) in [7, 11) is 0. The Balaban J connectivity index is 1.80. The number of rotatable bonds is 5. The Hall–Kier alpha value is -1.99. The van der Waals surface area contributed by atoms with E-state index in [-0.39, 0.29) is 29.4 Å². The van der Waals surface area contributed by atoms with Crippen molar-refractivity contribution in [3.05, 3.63) is 47.2 Å². The van der Waals surface area contributed by atoms with Crippen LogP contribution in [0.5, 0.6) is 0 Å². The smallest absolute Gasteiger partial charge is 0.234 e. The zero-order valence-corrected chi connectivity index (χ0v) is 18.6. The number of carbonyl (C=O) groups is 2. The van der Waals surface area contributed by atoms with Crippen molar-refractivity contribution in [1.29, 1.82) is 0 Å². The van der Waals surface area contributed by atoms with E-state index in [1.54, 1.807) is 16.7 Å². The number of Topliss-reactive ketones (excluding diaryl/α,β-unsaturated/α-hetero) is 1. The maximum Gasteiger partial charge on any atom is 0.234 e. The standard InChI is InChI=1S/C22H25N3O2S2/c1-4-10-28-21-24-23-20(29-21)25-16-12-22(2,3)13-17(26)19(16)15(11-18(25)27)14-8-6-5-7-9-14/h5-9,15H,4,10-13H2,1-3H3. The molecule has 0 radical (unpaired) electrons. The van der Waals surface area contributed by atoms with Gasteiger partial charge in [-0.15, -0.1) is 10.2 Å². The number of aromatic nitrogens is 2. The third-order valence-corrected chi connectivity index (χ3v) is 7.61. The van der Waals surface area contributed by atoms with Crippen LogP contribution >= 0.6 is 23.1 Å². The van der Waals surface area contributed by atoms with E-state index in [1.807, 2.05) is 30.3 Å². The lowest BCUT2D eigenvalue weighted by Gasteiger charge is -2.41. The summed E-state index contributed by atoms with van der Waals surface area (Å²) in [5.41, 5.74) is 2.45. The highest BCUT2D eigenvalue weighted by Crippen LogP contribution is 2.48. The van der Waals surface area contributed by atoms with E-state index in [9.17, 15) is 9.59 Å². The Morgan fingerprint density at radius 2 is 1.93 bits per heavy atom. The van der Waals surface area contributed by atoms with E-state index in [0.717, 1.165) is 33.3 Å². The second-order valence-electron chi connectivity index (χ2n) is 8.40. The molecular weight excluding hydrogens is 402 g/mol. The quantitative estimate of drug-likeness (QED) is 0.484. The number of hydrogen-bond donors (Lipinski definition) is 0. The molecule has 29 heavy (non-hydrogen) atoms. The van der Waals surface area contributed by atoms with Crippen LogP contribution < -0.4 is 4.90 Å². The summed E-state index contributed by atoms with van der Waals surface area (Å²) in [6, 6.07) is 9.90. The topological polar surface area (TPSA) is 63.2 Å². The minimum atomic E-state index is -0.183. The maximum atomic E-state index is 13.3. The van der Waals surface area contributed by atoms with Gasteiger partial charge in [-0.1, -0.05) is 74.2 Å². The molecule has 1 aliphatic carbocycles. The average molecular weight is 428 g/mol. The summed E-state index contributed by atoms with van der Waals surface area (Å²) < 4.78 is 0.864. The fourth-order valence-electron chi connectivity index (χ4n) is 4.15. The van der Waals surface area contributed by atoms with Gasteiger partial charge in [-0.2, -0.15) is 0 Å². The van der Waals surface area contributed by atoms with Gasteiger partial charge in [0.1, 0.15) is 0 Å². The van der Waals surface area contributed by atoms with Gasteiger partial charge in [-0.25, -0.2) is 0 Å². The molecule has 2 heterocycles. The fourth-order valence-corrected chi connectivity index (χ4v) is 5.96. The van der Waals surface area contributed by atoms with Crippen LogP contribution in [-0.2, 0) is 9.59 Å². The van der Waals surface area contributed by atoms with Crippen molar-refractivity contribution in [2.75, 3.05) is 10.7 Å². The molecule has 1 aromatic carbocycles. The highest BCUT2D eigenvalue weighted by atomic mass is 32.2. The number of allylic oxidation sites excluding steroid dienone is 2. The Kier molecular flexibility index (Phi) is 5.62. The van der Waals surface area contributed by atoms with Crippen LogP contribution in [0.1, 0.15) is 57.9 Å². The summed E-state index contributed by atoms with van der Waals surface area (Å²) in [4.78, 5) is 28.2. The van der Waals surface area contributed by atoms with E-state index in [0.29, 0.717) is 18.0 Å². The fraction of sp³-hybridized carbons (Fsp3) is 0.455. The molecule has 2 aromatic rings. The minimum Gasteiger partial charge on any atom is -0.294 e. The summed E-state index contributed by atoms with van der Waals surface area (Å²) >= 11 is 3.10. The monoisotopic (exact) mass is 427 g/mol. The van der Waals surface area contributed by atoms with Crippen LogP contribution in [0, 0.1) is 5.41 Å². The summed E-state index contributed by atoms with van der Waals surface area (Å²) in [6.45, 7) is 6.30. The summed E-state index contributed by atoms with van der Waals surface area (Å²) in [6.07, 6.45) is 2.52. The van der Waals surface area contributed by atoms with Gasteiger partial charge in [0.25, 0.3) is 0 Å². The zero-order chi connectivity index (χ0) is 20.6. The lowest BCUT2D eigenvalue weighted by atomic mass is 9.69. The Morgan fingerprint density at radius 3 is 2.66 bits per heavy atom. The molecule has 152 valence electrons. The molecule has 1 unspecified atom stereocenters. The molecule has 2 aliphatic rings. The number of carbonyl (C=O) groups excluding carboxylic acids is 2. The van der Waals surface area contributed by atoms with Crippen LogP contribution in [0.4, 0.5) is 5.13 Å². The lowest BCUT2D eigenvalue weighted by molar-refractivity contribution is -0.121. The van der Waals surface area contributed by atoms with Crippen molar-refractivity contribution in [1.82, 2.24) is 10.2 Å². The molecular formula is C22H25N3O2S2. The molecule has 1 aliphatic heterocycles. The van der Waals surface area contributed by atoms with Crippen molar-refractivity contribution in [2.24, 2.45) is 5.41 Å². The minimum absolute atomic E-state index is 0.00806. The van der Waals surface area contributed by atoms with Gasteiger partial charge in [0.2, 0.25) is 11.0 Å². The Morgan fingerprint density at radius 1 is 1.17 bits per heavy atom. The van der Waals surface area contributed by atoms with E-state index >= 15 is 0 Å². The van der Waals surface area contributed by atoms with Gasteiger partial charge in [0.05, 0.1) is 0 Å². The van der Waals surface area contributed by atoms with Crippen molar-refractivity contribution in [3.63, 3.8) is 0 Å². The van der Waals surface area contributed by atoms with Gasteiger partial charge < -0.3 is 0 Å². The van der Waals surface area contributed by atoms with Crippen LogP contribution in [0.15, 0.2) is 45.9 Å². The second kappa shape index (κ2) is 8.03. The van der Waals surface area contributed by atoms with Crippen LogP contribution in [-0.4, -0.2) is 27.6 Å². The normalized spacial score (nSPS) is 21.5. The highest BCUT2D eigenvalue weighted by molar-refractivity contribution is 8.01. The summed E-state index contributed by atoms with van der Waals surface area (Å²) in [5.74, 6) is 0.928. The molecule has 7 heteroatoms. The third kappa shape index (κ3) is 4.03. The first kappa shape index (κ1) is 20.3. The molecule has 0 spiro atoms. The SMILES string of the molecule is CCCSc1nnc(N2C(=O)CC(c3ccccc3)C3=C2CC(C)(C)CC3=O)s1. The highest BCUT2D eigenvalue weighted by Gasteiger charge is 2.45. The average Bonchev–Trinajstić information content (AvgIpc) is 3.13. The molecule has 0 saturated carbocycles. The molecule has 0 saturated heterocycles. The van der Waals surface area contributed by atoms with Gasteiger partial charge in [-0.05, 0) is 23.8 Å². The number of benzene rings is 1. The zero-order valence-electron chi connectivity index (χ0n) is 17.0. The van der Waals surface area contributed by atoms with E-state index in [4.69, 9.17) is 0 Å². The summed E-state index contributed by atoms with van der Waals surface area (Å²) in [5, 5.41) is 9.16. The van der Waals surface area contributed by atoms with Crippen molar-refractivity contribution >= 4 is 39.9 Å². The molecule has 0 N–H and O–H groups in total. The molecule has 1 atom stereocenters. The molecule has 4 rings (SSSR count). The van der Waals surface area contributed by atoms with Crippen molar-refractivity contribution in [2.45, 2.75) is 56.7 Å². The first-order valence-electron chi connectivity index (χ1n) is 10.00. The van der Waals surface area contributed by atoms with Crippen molar-refractivity contribution < 1.29 is 9.59 Å². The number of anilines is 1. The first-order valence-corrected chi connectivity index (χ1v) is 11.8. The van der Waals surface area contributed by atoms with E-state index in [2.05, 4.69) is 31.0 Å². The first-order chi connectivity index (χ1) is 13.9. The van der Waals surface area contributed by atoms with Gasteiger partial charge in [0, 0.05) is 35.8 Å². The Bertz CT molecular complexity index is 965. The van der Waals surface area contributed by atoms with Gasteiger partial charge >= 0.3 is 0 Å². The number of amides is 1. The third-order valence-electron chi connectivity index (χ3n) is 5.36. The van der Waals surface area contributed by atoms with E-state index < -0.39 is 0 Å². The molecule has 1 amide bonds. The van der Waals surface area contributed by atoms with Crippen LogP contribution in [0.3, 0.4) is 0 Å². The number of ketones is 1. The number of hydrogen-bond acceptors (Lipinski definition) is 6. The number of nitrogens with zero attached hydrogens (tertiary/aromatic N) is 3. The molecule has 5 nitrogen and oxygen atoms in total. The molecule has 1 aromatic heterocycles. The maximum absolute atomic E-state index is 13.3. The lowest BCUT2D eigenvalue weighted by Crippen LogP contribution is -2.43. The van der Waals surface area contributed by atoms with Crippen LogP contribution in [0.2, 0.25) is 0 Å². The second-order valence-corrected chi connectivity index (χ2v) is 10.7. The van der Waals surface area contributed by atoms with Crippen molar-refractivity contribution in [3.8, 4) is 0 Å². The molecule has 0 fully saturated rings. The Labute approximate surface area is 179 Å². The van der Waals surface area contributed by atoms with Gasteiger partial charge in [-0.3, -0.25) is 14.5 Å². The van der Waals surface area contributed by atoms with Gasteiger partial charge in [0.15, 0.2) is 10.1 Å². The number of thioether (sulfide) groups is 1.